The Kier molecular flexibility index (Phi) is 5.75. The number of aliphatic hydroxyl groups excluding tert-OH is 1. The van der Waals surface area contributed by atoms with Crippen LogP contribution in [0.4, 0.5) is 33.5 Å². The fourth-order valence-corrected chi connectivity index (χ4v) is 3.10. The Bertz CT molecular complexity index is 1390. The van der Waals surface area contributed by atoms with Crippen LogP contribution in [0.2, 0.25) is 0 Å². The number of aliphatic hydroxyl groups is 1. The summed E-state index contributed by atoms with van der Waals surface area (Å²) in [5.74, 6) is -4.03. The summed E-state index contributed by atoms with van der Waals surface area (Å²) in [6, 6.07) is 5.40. The topological polar surface area (TPSA) is 128 Å². The normalized spacial score (nSPS) is 12.5. The second kappa shape index (κ2) is 8.55. The van der Waals surface area contributed by atoms with Crippen molar-refractivity contribution in [2.75, 3.05) is 11.1 Å². The third kappa shape index (κ3) is 4.56. The standard InChI is InChI=1S/C20H13F5N6O3/c21-11-6-15(31-16-14(7-29-31)27-8-28-18(16)26)12(22)5-13(11)30-19(33)17(32)9-2-1-3-10(4-9)34-20(23,24)25/h1-8,17,32H,(H,30,33)(H2,26,27,28)/t17-/m1/s1. The van der Waals surface area contributed by atoms with Crippen molar-refractivity contribution in [3.63, 3.8) is 0 Å². The van der Waals surface area contributed by atoms with Gasteiger partial charge in [-0.1, -0.05) is 12.1 Å². The molecule has 2 aromatic carbocycles. The predicted molar refractivity (Wildman–Crippen MR) is 108 cm³/mol. The number of amides is 1. The molecule has 4 aromatic rings. The average molecular weight is 480 g/mol. The van der Waals surface area contributed by atoms with Crippen LogP contribution in [0.3, 0.4) is 0 Å². The van der Waals surface area contributed by atoms with Crippen molar-refractivity contribution >= 4 is 28.4 Å². The van der Waals surface area contributed by atoms with E-state index < -0.39 is 41.4 Å². The average Bonchev–Trinajstić information content (AvgIpc) is 3.20. The molecule has 0 spiro atoms. The molecule has 0 unspecified atom stereocenters. The number of halogens is 5. The molecule has 2 heterocycles. The minimum absolute atomic E-state index is 0.0282. The molecule has 1 atom stereocenters. The fourth-order valence-electron chi connectivity index (χ4n) is 3.10. The molecule has 0 radical (unpaired) electrons. The number of aromatic nitrogens is 4. The Balaban J connectivity index is 1.58. The summed E-state index contributed by atoms with van der Waals surface area (Å²) >= 11 is 0. The molecule has 0 aliphatic heterocycles. The van der Waals surface area contributed by atoms with Crippen molar-refractivity contribution in [3.05, 3.63) is 66.1 Å². The lowest BCUT2D eigenvalue weighted by Gasteiger charge is -2.15. The Labute approximate surface area is 186 Å². The van der Waals surface area contributed by atoms with E-state index in [9.17, 15) is 31.9 Å². The van der Waals surface area contributed by atoms with Gasteiger partial charge in [0.2, 0.25) is 0 Å². The van der Waals surface area contributed by atoms with E-state index in [0.717, 1.165) is 35.0 Å². The number of hydrogen-bond donors (Lipinski definition) is 3. The SMILES string of the molecule is Nc1ncnc2cnn(-c3cc(F)c(NC(=O)[C@H](O)c4cccc(OC(F)(F)F)c4)cc3F)c12. The van der Waals surface area contributed by atoms with Gasteiger partial charge in [-0.25, -0.2) is 23.4 Å². The number of fused-ring (bicyclic) bond motifs is 1. The summed E-state index contributed by atoms with van der Waals surface area (Å²) in [7, 11) is 0. The van der Waals surface area contributed by atoms with E-state index in [1.54, 1.807) is 0 Å². The zero-order valence-corrected chi connectivity index (χ0v) is 16.7. The Morgan fingerprint density at radius 2 is 1.91 bits per heavy atom. The maximum absolute atomic E-state index is 14.8. The summed E-state index contributed by atoms with van der Waals surface area (Å²) in [5.41, 5.74) is 4.93. The van der Waals surface area contributed by atoms with Crippen LogP contribution in [0.1, 0.15) is 11.7 Å². The molecule has 0 bridgehead atoms. The van der Waals surface area contributed by atoms with E-state index in [1.807, 2.05) is 5.32 Å². The Hall–Kier alpha value is -4.33. The number of carbonyl (C=O) groups is 1. The summed E-state index contributed by atoms with van der Waals surface area (Å²) in [6.07, 6.45) is -4.54. The molecule has 1 amide bonds. The van der Waals surface area contributed by atoms with Gasteiger partial charge in [0, 0.05) is 12.1 Å². The smallest absolute Gasteiger partial charge is 0.406 e. The largest absolute Gasteiger partial charge is 0.573 e. The quantitative estimate of drug-likeness (QED) is 0.374. The number of rotatable bonds is 5. The first-order valence-electron chi connectivity index (χ1n) is 9.32. The van der Waals surface area contributed by atoms with Crippen LogP contribution in [-0.4, -0.2) is 37.1 Å². The highest BCUT2D eigenvalue weighted by atomic mass is 19.4. The van der Waals surface area contributed by atoms with Crippen LogP contribution in [0.5, 0.6) is 5.75 Å². The van der Waals surface area contributed by atoms with E-state index >= 15 is 0 Å². The number of alkyl halides is 3. The molecule has 0 saturated heterocycles. The molecule has 9 nitrogen and oxygen atoms in total. The molecule has 0 aliphatic rings. The van der Waals surface area contributed by atoms with Gasteiger partial charge in [0.15, 0.2) is 17.7 Å². The number of nitrogens with zero attached hydrogens (tertiary/aromatic N) is 4. The summed E-state index contributed by atoms with van der Waals surface area (Å²) < 4.78 is 71.3. The molecule has 4 N–H and O–H groups in total. The van der Waals surface area contributed by atoms with Crippen LogP contribution in [-0.2, 0) is 4.79 Å². The van der Waals surface area contributed by atoms with E-state index in [2.05, 4.69) is 19.8 Å². The van der Waals surface area contributed by atoms with Crippen molar-refractivity contribution in [1.82, 2.24) is 19.7 Å². The number of carbonyl (C=O) groups excluding carboxylic acids is 1. The van der Waals surface area contributed by atoms with Gasteiger partial charge in [0.25, 0.3) is 5.91 Å². The number of anilines is 2. The minimum Gasteiger partial charge on any atom is -0.406 e. The Morgan fingerprint density at radius 3 is 2.65 bits per heavy atom. The lowest BCUT2D eigenvalue weighted by Crippen LogP contribution is -2.22. The molecule has 176 valence electrons. The molecule has 0 aliphatic carbocycles. The van der Waals surface area contributed by atoms with Gasteiger partial charge in [-0.3, -0.25) is 4.79 Å². The van der Waals surface area contributed by atoms with Crippen molar-refractivity contribution in [1.29, 1.82) is 0 Å². The third-order valence-corrected chi connectivity index (χ3v) is 4.56. The van der Waals surface area contributed by atoms with Gasteiger partial charge < -0.3 is 20.9 Å². The second-order valence-corrected chi connectivity index (χ2v) is 6.84. The maximum Gasteiger partial charge on any atom is 0.573 e. The molecule has 34 heavy (non-hydrogen) atoms. The second-order valence-electron chi connectivity index (χ2n) is 6.84. The minimum atomic E-state index is -4.98. The monoisotopic (exact) mass is 480 g/mol. The zero-order valence-electron chi connectivity index (χ0n) is 16.7. The molecular weight excluding hydrogens is 467 g/mol. The van der Waals surface area contributed by atoms with E-state index in [-0.39, 0.29) is 28.1 Å². The van der Waals surface area contributed by atoms with Crippen LogP contribution >= 0.6 is 0 Å². The van der Waals surface area contributed by atoms with Gasteiger partial charge in [-0.2, -0.15) is 5.10 Å². The van der Waals surface area contributed by atoms with Crippen molar-refractivity contribution < 1.29 is 36.6 Å². The molecule has 4 rings (SSSR count). The number of nitrogens with two attached hydrogens (primary N) is 1. The van der Waals surface area contributed by atoms with Crippen LogP contribution < -0.4 is 15.8 Å². The predicted octanol–water partition coefficient (Wildman–Crippen LogP) is 3.25. The zero-order chi connectivity index (χ0) is 24.6. The van der Waals surface area contributed by atoms with Crippen LogP contribution in [0.15, 0.2) is 48.9 Å². The summed E-state index contributed by atoms with van der Waals surface area (Å²) in [6.45, 7) is 0. The summed E-state index contributed by atoms with van der Waals surface area (Å²) in [4.78, 5) is 20.0. The van der Waals surface area contributed by atoms with Gasteiger partial charge in [-0.15, -0.1) is 13.2 Å². The van der Waals surface area contributed by atoms with Gasteiger partial charge in [0.05, 0.1) is 11.9 Å². The highest BCUT2D eigenvalue weighted by Gasteiger charge is 2.31. The van der Waals surface area contributed by atoms with Gasteiger partial charge >= 0.3 is 6.36 Å². The lowest BCUT2D eigenvalue weighted by atomic mass is 10.1. The summed E-state index contributed by atoms with van der Waals surface area (Å²) in [5, 5.41) is 16.1. The maximum atomic E-state index is 14.8. The number of nitrogen functional groups attached to an aromatic ring is 1. The van der Waals surface area contributed by atoms with Crippen molar-refractivity contribution in [2.45, 2.75) is 12.5 Å². The lowest BCUT2D eigenvalue weighted by molar-refractivity contribution is -0.274. The first kappa shape index (κ1) is 22.8. The number of hydrogen-bond acceptors (Lipinski definition) is 7. The van der Waals surface area contributed by atoms with Gasteiger partial charge in [-0.05, 0) is 17.7 Å². The molecule has 0 saturated carbocycles. The Morgan fingerprint density at radius 1 is 1.15 bits per heavy atom. The van der Waals surface area contributed by atoms with Crippen LogP contribution in [0, 0.1) is 11.6 Å². The highest BCUT2D eigenvalue weighted by molar-refractivity contribution is 5.95. The first-order valence-corrected chi connectivity index (χ1v) is 9.32. The van der Waals surface area contributed by atoms with Crippen molar-refractivity contribution in [3.8, 4) is 11.4 Å². The van der Waals surface area contributed by atoms with E-state index in [0.29, 0.717) is 6.07 Å². The molecule has 14 heteroatoms. The highest BCUT2D eigenvalue weighted by Crippen LogP contribution is 2.29. The third-order valence-electron chi connectivity index (χ3n) is 4.56. The molecule has 0 fully saturated rings. The fraction of sp³-hybridized carbons (Fsp3) is 0.100. The number of nitrogens with one attached hydrogen (secondary N) is 1. The van der Waals surface area contributed by atoms with Gasteiger partial charge in [0.1, 0.15) is 34.6 Å². The number of benzene rings is 2. The van der Waals surface area contributed by atoms with Crippen LogP contribution in [0.25, 0.3) is 16.7 Å². The van der Waals surface area contributed by atoms with E-state index in [1.165, 1.54) is 12.5 Å². The number of ether oxygens (including phenoxy) is 1. The van der Waals surface area contributed by atoms with Crippen molar-refractivity contribution in [2.24, 2.45) is 0 Å². The van der Waals surface area contributed by atoms with E-state index in [4.69, 9.17) is 5.73 Å². The molecule has 2 aromatic heterocycles. The first-order chi connectivity index (χ1) is 16.0. The molecular formula is C20H13F5N6O3.